The highest BCUT2D eigenvalue weighted by atomic mass is 16.2. The van der Waals surface area contributed by atoms with E-state index < -0.39 is 0 Å². The lowest BCUT2D eigenvalue weighted by Gasteiger charge is -2.24. The summed E-state index contributed by atoms with van der Waals surface area (Å²) in [5.74, 6) is -0.645. The number of aromatic nitrogens is 2. The molecule has 0 atom stereocenters. The first-order chi connectivity index (χ1) is 14.0. The number of H-pyrrole nitrogens is 1. The summed E-state index contributed by atoms with van der Waals surface area (Å²) in [6.45, 7) is 0. The van der Waals surface area contributed by atoms with Crippen molar-refractivity contribution in [3.8, 4) is 0 Å². The van der Waals surface area contributed by atoms with E-state index in [9.17, 15) is 14.4 Å². The number of rotatable bonds is 4. The van der Waals surface area contributed by atoms with Crippen molar-refractivity contribution >= 4 is 34.8 Å². The van der Waals surface area contributed by atoms with E-state index in [1.54, 1.807) is 0 Å². The molecule has 1 aromatic heterocycles. The SMILES string of the molecule is Nc1c[nH]c(C(=O)Nc2ccc(C3CC(=O)NC(=O)C3)cc2C2=CCCCC2)n1. The number of amides is 3. The Labute approximate surface area is 168 Å². The number of hydrogen-bond acceptors (Lipinski definition) is 5. The van der Waals surface area contributed by atoms with E-state index in [4.69, 9.17) is 5.73 Å². The lowest BCUT2D eigenvalue weighted by molar-refractivity contribution is -0.133. The summed E-state index contributed by atoms with van der Waals surface area (Å²) in [5, 5.41) is 5.26. The van der Waals surface area contributed by atoms with Crippen LogP contribution in [0.3, 0.4) is 0 Å². The monoisotopic (exact) mass is 393 g/mol. The molecule has 1 saturated heterocycles. The minimum atomic E-state index is -0.376. The van der Waals surface area contributed by atoms with Crippen LogP contribution in [-0.2, 0) is 9.59 Å². The summed E-state index contributed by atoms with van der Waals surface area (Å²) in [6, 6.07) is 5.71. The van der Waals surface area contributed by atoms with E-state index in [0.717, 1.165) is 36.8 Å². The highest BCUT2D eigenvalue weighted by Gasteiger charge is 2.27. The van der Waals surface area contributed by atoms with E-state index in [1.165, 1.54) is 11.8 Å². The van der Waals surface area contributed by atoms with E-state index in [1.807, 2.05) is 18.2 Å². The topological polar surface area (TPSA) is 130 Å². The molecule has 1 aliphatic heterocycles. The molecule has 3 amide bonds. The van der Waals surface area contributed by atoms with Crippen LogP contribution in [0.4, 0.5) is 11.5 Å². The number of imide groups is 1. The summed E-state index contributed by atoms with van der Waals surface area (Å²) in [4.78, 5) is 42.9. The number of nitrogens with one attached hydrogen (secondary N) is 3. The van der Waals surface area contributed by atoms with Gasteiger partial charge in [0.2, 0.25) is 11.8 Å². The predicted octanol–water partition coefficient (Wildman–Crippen LogP) is 2.72. The molecule has 0 bridgehead atoms. The molecular formula is C21H23N5O3. The molecule has 8 heteroatoms. The summed E-state index contributed by atoms with van der Waals surface area (Å²) < 4.78 is 0. The van der Waals surface area contributed by atoms with Crippen molar-refractivity contribution in [2.75, 3.05) is 11.1 Å². The average Bonchev–Trinajstić information content (AvgIpc) is 3.15. The smallest absolute Gasteiger partial charge is 0.291 e. The maximum Gasteiger partial charge on any atom is 0.291 e. The molecule has 150 valence electrons. The van der Waals surface area contributed by atoms with Crippen LogP contribution in [0.15, 0.2) is 30.5 Å². The normalized spacial score (nSPS) is 17.6. The van der Waals surface area contributed by atoms with Gasteiger partial charge in [0.25, 0.3) is 5.91 Å². The minimum Gasteiger partial charge on any atom is -0.382 e. The van der Waals surface area contributed by atoms with Gasteiger partial charge < -0.3 is 16.0 Å². The van der Waals surface area contributed by atoms with Crippen LogP contribution in [0, 0.1) is 0 Å². The number of imidazole rings is 1. The number of benzene rings is 1. The molecule has 1 fully saturated rings. The van der Waals surface area contributed by atoms with Gasteiger partial charge in [0.15, 0.2) is 5.82 Å². The van der Waals surface area contributed by atoms with Gasteiger partial charge in [0, 0.05) is 36.2 Å². The first-order valence-electron chi connectivity index (χ1n) is 9.78. The van der Waals surface area contributed by atoms with Gasteiger partial charge in [0.05, 0.1) is 0 Å². The fourth-order valence-electron chi connectivity index (χ4n) is 3.92. The van der Waals surface area contributed by atoms with Crippen LogP contribution in [0.5, 0.6) is 0 Å². The molecule has 2 heterocycles. The molecule has 1 aliphatic carbocycles. The third-order valence-corrected chi connectivity index (χ3v) is 5.36. The lowest BCUT2D eigenvalue weighted by Crippen LogP contribution is -2.37. The number of nitrogens with zero attached hydrogens (tertiary/aromatic N) is 1. The number of carbonyl (C=O) groups excluding carboxylic acids is 3. The lowest BCUT2D eigenvalue weighted by atomic mass is 9.85. The molecule has 1 aromatic carbocycles. The van der Waals surface area contributed by atoms with Crippen molar-refractivity contribution < 1.29 is 14.4 Å². The van der Waals surface area contributed by atoms with Crippen LogP contribution in [0.1, 0.15) is 66.2 Å². The predicted molar refractivity (Wildman–Crippen MR) is 109 cm³/mol. The molecule has 0 unspecified atom stereocenters. The Kier molecular flexibility index (Phi) is 5.16. The molecule has 2 aromatic rings. The Hall–Kier alpha value is -3.42. The zero-order valence-corrected chi connectivity index (χ0v) is 16.0. The van der Waals surface area contributed by atoms with Crippen molar-refractivity contribution in [2.24, 2.45) is 0 Å². The molecule has 0 saturated carbocycles. The largest absolute Gasteiger partial charge is 0.382 e. The summed E-state index contributed by atoms with van der Waals surface area (Å²) in [5.41, 5.74) is 9.28. The number of carbonyl (C=O) groups is 3. The van der Waals surface area contributed by atoms with Gasteiger partial charge >= 0.3 is 0 Å². The van der Waals surface area contributed by atoms with Crippen molar-refractivity contribution in [3.05, 3.63) is 47.4 Å². The van der Waals surface area contributed by atoms with Gasteiger partial charge in [-0.25, -0.2) is 4.98 Å². The number of allylic oxidation sites excluding steroid dienone is 2. The Morgan fingerprint density at radius 1 is 1.17 bits per heavy atom. The van der Waals surface area contributed by atoms with Crippen molar-refractivity contribution in [2.45, 2.75) is 44.4 Å². The van der Waals surface area contributed by atoms with Crippen LogP contribution in [0.25, 0.3) is 5.57 Å². The van der Waals surface area contributed by atoms with Crippen molar-refractivity contribution in [1.29, 1.82) is 0 Å². The highest BCUT2D eigenvalue weighted by molar-refractivity contribution is 6.03. The fraction of sp³-hybridized carbons (Fsp3) is 0.333. The van der Waals surface area contributed by atoms with E-state index in [2.05, 4.69) is 26.7 Å². The van der Waals surface area contributed by atoms with Crippen LogP contribution in [-0.4, -0.2) is 27.7 Å². The second-order valence-corrected chi connectivity index (χ2v) is 7.48. The first kappa shape index (κ1) is 18.9. The summed E-state index contributed by atoms with van der Waals surface area (Å²) in [7, 11) is 0. The van der Waals surface area contributed by atoms with E-state index in [0.29, 0.717) is 5.69 Å². The Bertz CT molecular complexity index is 991. The maximum absolute atomic E-state index is 12.6. The third kappa shape index (κ3) is 4.21. The van der Waals surface area contributed by atoms with Crippen LogP contribution in [0.2, 0.25) is 0 Å². The van der Waals surface area contributed by atoms with Gasteiger partial charge in [-0.15, -0.1) is 0 Å². The second kappa shape index (κ2) is 7.90. The number of piperidine rings is 1. The number of anilines is 2. The molecule has 0 spiro atoms. The van der Waals surface area contributed by atoms with Gasteiger partial charge in [0.1, 0.15) is 5.82 Å². The standard InChI is InChI=1S/C21H23N5O3/c22-17-11-23-20(25-17)21(29)24-16-7-6-13(14-9-18(27)26-19(28)10-14)8-15(16)12-4-2-1-3-5-12/h4,6-8,11,14H,1-3,5,9-10,22H2,(H,23,25)(H,24,29)(H,26,27,28). The fourth-order valence-corrected chi connectivity index (χ4v) is 3.92. The van der Waals surface area contributed by atoms with Crippen molar-refractivity contribution in [1.82, 2.24) is 15.3 Å². The van der Waals surface area contributed by atoms with Gasteiger partial charge in [-0.05, 0) is 49.0 Å². The molecule has 8 nitrogen and oxygen atoms in total. The van der Waals surface area contributed by atoms with E-state index in [-0.39, 0.29) is 48.1 Å². The molecule has 29 heavy (non-hydrogen) atoms. The number of hydrogen-bond donors (Lipinski definition) is 4. The Morgan fingerprint density at radius 3 is 2.62 bits per heavy atom. The first-order valence-corrected chi connectivity index (χ1v) is 9.78. The molecule has 4 rings (SSSR count). The van der Waals surface area contributed by atoms with Gasteiger partial charge in [-0.3, -0.25) is 19.7 Å². The zero-order valence-electron chi connectivity index (χ0n) is 16.0. The second-order valence-electron chi connectivity index (χ2n) is 7.48. The molecule has 0 radical (unpaired) electrons. The van der Waals surface area contributed by atoms with Gasteiger partial charge in [-0.1, -0.05) is 12.1 Å². The van der Waals surface area contributed by atoms with E-state index >= 15 is 0 Å². The van der Waals surface area contributed by atoms with Crippen LogP contribution < -0.4 is 16.4 Å². The minimum absolute atomic E-state index is 0.143. The molecule has 5 N–H and O–H groups in total. The maximum atomic E-state index is 12.6. The number of aromatic amines is 1. The number of nitrogens with two attached hydrogens (primary N) is 1. The highest BCUT2D eigenvalue weighted by Crippen LogP contribution is 2.36. The van der Waals surface area contributed by atoms with Crippen molar-refractivity contribution in [3.63, 3.8) is 0 Å². The molecular weight excluding hydrogens is 370 g/mol. The third-order valence-electron chi connectivity index (χ3n) is 5.36. The summed E-state index contributed by atoms with van der Waals surface area (Å²) in [6.07, 6.45) is 8.37. The summed E-state index contributed by atoms with van der Waals surface area (Å²) >= 11 is 0. The quantitative estimate of drug-likeness (QED) is 0.594. The number of nitrogen functional groups attached to an aromatic ring is 1. The average molecular weight is 393 g/mol. The Balaban J connectivity index is 1.67. The molecule has 2 aliphatic rings. The Morgan fingerprint density at radius 2 is 1.97 bits per heavy atom. The van der Waals surface area contributed by atoms with Crippen LogP contribution >= 0.6 is 0 Å². The van der Waals surface area contributed by atoms with Gasteiger partial charge in [-0.2, -0.15) is 0 Å². The zero-order chi connectivity index (χ0) is 20.4.